The molecule has 6 atom stereocenters. The first kappa shape index (κ1) is 31.6. The average molecular weight is 627 g/mol. The first-order chi connectivity index (χ1) is 21.7. The summed E-state index contributed by atoms with van der Waals surface area (Å²) in [5.74, 6) is 0.836. The van der Waals surface area contributed by atoms with Gasteiger partial charge in [-0.05, 0) is 110 Å². The summed E-state index contributed by atoms with van der Waals surface area (Å²) in [5.41, 5.74) is 4.52. The van der Waals surface area contributed by atoms with Crippen LogP contribution in [0.1, 0.15) is 124 Å². The Labute approximate surface area is 275 Å². The van der Waals surface area contributed by atoms with E-state index in [-0.39, 0.29) is 39.1 Å². The van der Waals surface area contributed by atoms with Gasteiger partial charge in [0.2, 0.25) is 11.7 Å². The van der Waals surface area contributed by atoms with E-state index in [4.69, 9.17) is 0 Å². The van der Waals surface area contributed by atoms with E-state index in [1.54, 1.807) is 6.08 Å². The van der Waals surface area contributed by atoms with Crippen molar-refractivity contribution >= 4 is 11.7 Å². The van der Waals surface area contributed by atoms with E-state index in [2.05, 4.69) is 62.4 Å². The fraction of sp³-hybridized carbons (Fsp3) is 0.692. The molecule has 0 aliphatic heterocycles. The highest BCUT2D eigenvalue weighted by atomic mass is 16.3. The van der Waals surface area contributed by atoms with Crippen molar-refractivity contribution in [1.29, 1.82) is 0 Å². The molecule has 4 saturated carbocycles. The molecule has 0 aromatic carbocycles. The van der Waals surface area contributed by atoms with E-state index in [9.17, 15) is 14.7 Å². The molecule has 0 saturated heterocycles. The molecule has 1 aromatic heterocycles. The zero-order chi connectivity index (χ0) is 32.7. The van der Waals surface area contributed by atoms with Crippen LogP contribution in [0.2, 0.25) is 0 Å². The highest BCUT2D eigenvalue weighted by molar-refractivity contribution is 6.06. The van der Waals surface area contributed by atoms with Crippen LogP contribution in [0, 0.1) is 38.9 Å². The smallest absolute Gasteiger partial charge is 0.226 e. The number of aromatic nitrogens is 3. The molecule has 0 spiro atoms. The van der Waals surface area contributed by atoms with Gasteiger partial charge in [0, 0.05) is 22.9 Å². The van der Waals surface area contributed by atoms with E-state index < -0.39 is 5.41 Å². The molecule has 1 heterocycles. The summed E-state index contributed by atoms with van der Waals surface area (Å²) in [5, 5.41) is 22.5. The number of nitrogens with one attached hydrogen (secondary N) is 1. The van der Waals surface area contributed by atoms with Crippen LogP contribution in [-0.2, 0) is 22.7 Å². The number of aliphatic hydroxyl groups excluding tert-OH is 1. The van der Waals surface area contributed by atoms with Gasteiger partial charge in [0.15, 0.2) is 5.76 Å². The molecule has 2 N–H and O–H groups in total. The van der Waals surface area contributed by atoms with Gasteiger partial charge in [-0.3, -0.25) is 14.3 Å². The van der Waals surface area contributed by atoms with Crippen molar-refractivity contribution in [3.63, 3.8) is 0 Å². The summed E-state index contributed by atoms with van der Waals surface area (Å²) < 4.78 is 1.98. The van der Waals surface area contributed by atoms with Gasteiger partial charge in [0.1, 0.15) is 5.69 Å². The van der Waals surface area contributed by atoms with Crippen LogP contribution in [0.5, 0.6) is 0 Å². The normalized spacial score (nSPS) is 39.3. The van der Waals surface area contributed by atoms with Crippen LogP contribution in [0.25, 0.3) is 0 Å². The Morgan fingerprint density at radius 1 is 1.00 bits per heavy atom. The van der Waals surface area contributed by atoms with Crippen LogP contribution in [-0.4, -0.2) is 31.8 Å². The van der Waals surface area contributed by atoms with Crippen LogP contribution >= 0.6 is 0 Å². The van der Waals surface area contributed by atoms with E-state index >= 15 is 0 Å². The summed E-state index contributed by atoms with van der Waals surface area (Å²) in [6.45, 7) is 15.2. The van der Waals surface area contributed by atoms with Crippen molar-refractivity contribution < 1.29 is 14.7 Å². The third kappa shape index (κ3) is 4.64. The van der Waals surface area contributed by atoms with E-state index in [1.165, 1.54) is 37.7 Å². The van der Waals surface area contributed by atoms with Crippen LogP contribution in [0.4, 0.5) is 0 Å². The maximum atomic E-state index is 14.0. The maximum Gasteiger partial charge on any atom is 0.226 e. The molecule has 7 nitrogen and oxygen atoms in total. The van der Waals surface area contributed by atoms with Gasteiger partial charge in [-0.25, -0.2) is 0 Å². The summed E-state index contributed by atoms with van der Waals surface area (Å²) in [6, 6.07) is 0. The van der Waals surface area contributed by atoms with Gasteiger partial charge >= 0.3 is 0 Å². The highest BCUT2D eigenvalue weighted by Crippen LogP contribution is 2.75. The number of carbonyl (C=O) groups is 2. The number of amides is 1. The van der Waals surface area contributed by atoms with Crippen LogP contribution < -0.4 is 5.32 Å². The summed E-state index contributed by atoms with van der Waals surface area (Å²) >= 11 is 0. The number of fused-ring (bicyclic) bond motifs is 7. The fourth-order valence-corrected chi connectivity index (χ4v) is 11.2. The zero-order valence-corrected chi connectivity index (χ0v) is 29.0. The lowest BCUT2D eigenvalue weighted by molar-refractivity contribution is -0.169. The SMILES string of the molecule is CC1=C(O)C(=O)C=C2C1=CC=C1[C@@]2(C)CC[C@@]2(C)[C@@H]3C[C@](C)(C(=O)NCc4cn(CC5CCCCC5)nn4)CC[C@]3(C)CC[C@]12C. The Kier molecular flexibility index (Phi) is 7.41. The molecule has 0 radical (unpaired) electrons. The lowest BCUT2D eigenvalue weighted by atomic mass is 9.34. The largest absolute Gasteiger partial charge is 0.504 e. The minimum Gasteiger partial charge on any atom is -0.504 e. The highest BCUT2D eigenvalue weighted by Gasteiger charge is 2.67. The molecule has 6 aliphatic rings. The molecule has 7 heteroatoms. The van der Waals surface area contributed by atoms with Gasteiger partial charge in [0.05, 0.1) is 12.7 Å². The van der Waals surface area contributed by atoms with Gasteiger partial charge in [-0.1, -0.05) is 76.8 Å². The van der Waals surface area contributed by atoms with Gasteiger partial charge < -0.3 is 10.4 Å². The van der Waals surface area contributed by atoms with Crippen molar-refractivity contribution in [2.45, 2.75) is 132 Å². The van der Waals surface area contributed by atoms with E-state index in [1.807, 2.05) is 17.8 Å². The Morgan fingerprint density at radius 2 is 1.74 bits per heavy atom. The number of aliphatic hydroxyl groups is 1. The number of hydrogen-bond donors (Lipinski definition) is 2. The predicted octanol–water partition coefficient (Wildman–Crippen LogP) is 8.10. The topological polar surface area (TPSA) is 97.1 Å². The molecular formula is C39H54N4O3. The van der Waals surface area contributed by atoms with Crippen LogP contribution in [0.3, 0.4) is 0 Å². The first-order valence-electron chi connectivity index (χ1n) is 18.0. The third-order valence-corrected chi connectivity index (χ3v) is 14.6. The lowest BCUT2D eigenvalue weighted by Crippen LogP contribution is -2.62. The number of nitrogens with zero attached hydrogens (tertiary/aromatic N) is 3. The Bertz CT molecular complexity index is 1590. The van der Waals surface area contributed by atoms with Crippen molar-refractivity contribution in [2.24, 2.45) is 38.9 Å². The number of rotatable bonds is 5. The minimum atomic E-state index is -0.434. The Balaban J connectivity index is 1.11. The average Bonchev–Trinajstić information content (AvgIpc) is 3.48. The molecule has 46 heavy (non-hydrogen) atoms. The molecule has 248 valence electrons. The first-order valence-corrected chi connectivity index (χ1v) is 18.0. The summed E-state index contributed by atoms with van der Waals surface area (Å²) in [4.78, 5) is 26.8. The quantitative estimate of drug-likeness (QED) is 0.344. The molecule has 7 rings (SSSR count). The molecule has 0 bridgehead atoms. The maximum absolute atomic E-state index is 14.0. The number of ketones is 1. The fourth-order valence-electron chi connectivity index (χ4n) is 11.2. The second kappa shape index (κ2) is 10.8. The molecule has 1 amide bonds. The predicted molar refractivity (Wildman–Crippen MR) is 179 cm³/mol. The van der Waals surface area contributed by atoms with Crippen molar-refractivity contribution in [3.8, 4) is 0 Å². The monoisotopic (exact) mass is 626 g/mol. The van der Waals surface area contributed by atoms with Crippen molar-refractivity contribution in [2.75, 3.05) is 0 Å². The van der Waals surface area contributed by atoms with Crippen molar-refractivity contribution in [1.82, 2.24) is 20.3 Å². The Morgan fingerprint density at radius 3 is 2.50 bits per heavy atom. The minimum absolute atomic E-state index is 0.0206. The van der Waals surface area contributed by atoms with Gasteiger partial charge in [-0.2, -0.15) is 0 Å². The zero-order valence-electron chi connectivity index (χ0n) is 29.0. The molecular weight excluding hydrogens is 572 g/mol. The summed E-state index contributed by atoms with van der Waals surface area (Å²) in [6.07, 6.45) is 21.9. The summed E-state index contributed by atoms with van der Waals surface area (Å²) in [7, 11) is 0. The van der Waals surface area contributed by atoms with E-state index in [0.717, 1.165) is 68.3 Å². The Hall–Kier alpha value is -2.96. The molecule has 4 fully saturated rings. The molecule has 6 aliphatic carbocycles. The standard InChI is InChI=1S/C39H54N4O3/c1-25-28-12-13-31-37(4,29(28)20-30(44)33(25)45)17-19-39(6)32-21-36(3,15-14-35(32,2)16-18-38(31,39)5)34(46)40-22-27-24-43(42-41-27)23-26-10-8-7-9-11-26/h12-13,20,24,26,32,45H,7-11,14-19,21-23H2,1-6H3,(H,40,46)/t32-,35-,36-,37+,38-,39+/m1/s1. The van der Waals surface area contributed by atoms with E-state index in [0.29, 0.717) is 24.0 Å². The number of carbonyl (C=O) groups excluding carboxylic acids is 2. The third-order valence-electron chi connectivity index (χ3n) is 14.6. The van der Waals surface area contributed by atoms with Crippen molar-refractivity contribution in [3.05, 3.63) is 58.2 Å². The van der Waals surface area contributed by atoms with Crippen LogP contribution in [0.15, 0.2) is 52.5 Å². The van der Waals surface area contributed by atoms with Gasteiger partial charge in [-0.15, -0.1) is 5.10 Å². The number of hydrogen-bond acceptors (Lipinski definition) is 5. The second-order valence-corrected chi connectivity index (χ2v) is 17.2. The lowest BCUT2D eigenvalue weighted by Gasteiger charge is -2.70. The second-order valence-electron chi connectivity index (χ2n) is 17.2. The molecule has 1 aromatic rings. The number of allylic oxidation sites excluding steroid dienone is 7. The molecule has 0 unspecified atom stereocenters. The van der Waals surface area contributed by atoms with Gasteiger partial charge in [0.25, 0.3) is 0 Å².